The monoisotopic (exact) mass is 320 g/mol. The van der Waals surface area contributed by atoms with Gasteiger partial charge in [-0.05, 0) is 48.5 Å². The summed E-state index contributed by atoms with van der Waals surface area (Å²) >= 11 is 0. The smallest absolute Gasteiger partial charge is 0.200 e. The van der Waals surface area contributed by atoms with Crippen molar-refractivity contribution in [1.82, 2.24) is 35.0 Å². The van der Waals surface area contributed by atoms with Gasteiger partial charge in [-0.3, -0.25) is 0 Å². The number of hydrogen-bond acceptors (Lipinski definition) is 6. The Kier molecular flexibility index (Phi) is 3.42. The van der Waals surface area contributed by atoms with Crippen molar-refractivity contribution in [2.45, 2.75) is 20.4 Å². The first kappa shape index (κ1) is 14.3. The normalized spacial score (nSPS) is 11.1. The fraction of sp³-hybridized carbons (Fsp3) is 0.188. The molecule has 24 heavy (non-hydrogen) atoms. The van der Waals surface area contributed by atoms with E-state index < -0.39 is 0 Å². The Bertz CT molecular complexity index is 986. The van der Waals surface area contributed by atoms with E-state index in [-0.39, 0.29) is 0 Å². The number of aromatic nitrogens is 7. The Hall–Kier alpha value is -3.29. The molecule has 0 amide bonds. The van der Waals surface area contributed by atoms with Crippen molar-refractivity contribution in [3.63, 3.8) is 0 Å². The summed E-state index contributed by atoms with van der Waals surface area (Å²) < 4.78 is 3.36. The molecule has 0 aliphatic carbocycles. The quantitative estimate of drug-likeness (QED) is 0.618. The molecule has 0 fully saturated rings. The number of anilines is 1. The lowest BCUT2D eigenvalue weighted by Gasteiger charge is -2.07. The van der Waals surface area contributed by atoms with Gasteiger partial charge in [0, 0.05) is 17.8 Å². The minimum Gasteiger partial charge on any atom is -0.364 e. The molecular formula is C16H16N8. The molecule has 0 atom stereocenters. The third-order valence-electron chi connectivity index (χ3n) is 3.96. The first-order valence-electron chi connectivity index (χ1n) is 7.62. The topological polar surface area (TPSA) is 85.8 Å². The van der Waals surface area contributed by atoms with Crippen LogP contribution in [0.3, 0.4) is 0 Å². The van der Waals surface area contributed by atoms with Crippen molar-refractivity contribution in [3.8, 4) is 5.69 Å². The van der Waals surface area contributed by atoms with Crippen molar-refractivity contribution in [2.24, 2.45) is 0 Å². The molecule has 4 rings (SSSR count). The maximum atomic E-state index is 4.65. The van der Waals surface area contributed by atoms with Crippen LogP contribution in [0.5, 0.6) is 0 Å². The van der Waals surface area contributed by atoms with Crippen LogP contribution in [0.15, 0.2) is 42.5 Å². The number of benzene rings is 1. The maximum Gasteiger partial charge on any atom is 0.200 e. The third kappa shape index (κ3) is 2.47. The second-order valence-corrected chi connectivity index (χ2v) is 5.50. The molecule has 0 radical (unpaired) electrons. The van der Waals surface area contributed by atoms with Crippen LogP contribution in [0.25, 0.3) is 11.3 Å². The Morgan fingerprint density at radius 1 is 1.00 bits per heavy atom. The number of fused-ring (bicyclic) bond motifs is 1. The van der Waals surface area contributed by atoms with Crippen molar-refractivity contribution in [1.29, 1.82) is 0 Å². The Morgan fingerprint density at radius 3 is 2.67 bits per heavy atom. The minimum absolute atomic E-state index is 0.616. The highest BCUT2D eigenvalue weighted by molar-refractivity contribution is 5.44. The Balaban J connectivity index is 1.59. The van der Waals surface area contributed by atoms with E-state index >= 15 is 0 Å². The zero-order valence-corrected chi connectivity index (χ0v) is 13.4. The summed E-state index contributed by atoms with van der Waals surface area (Å²) in [7, 11) is 0. The van der Waals surface area contributed by atoms with Gasteiger partial charge in [-0.2, -0.15) is 5.10 Å². The van der Waals surface area contributed by atoms with E-state index in [0.29, 0.717) is 18.0 Å². The number of rotatable bonds is 4. The molecule has 8 nitrogen and oxygen atoms in total. The van der Waals surface area contributed by atoms with Crippen LogP contribution >= 0.6 is 0 Å². The highest BCUT2D eigenvalue weighted by Gasteiger charge is 2.12. The van der Waals surface area contributed by atoms with E-state index in [0.717, 1.165) is 22.6 Å². The molecule has 1 aromatic carbocycles. The Labute approximate surface area is 138 Å². The second-order valence-electron chi connectivity index (χ2n) is 5.50. The van der Waals surface area contributed by atoms with Crippen LogP contribution < -0.4 is 5.32 Å². The zero-order chi connectivity index (χ0) is 16.5. The maximum absolute atomic E-state index is 4.65. The SMILES string of the molecule is Cc1nn(-c2ccccc2)c(C)c1CNc1ccc2nnnn2n1. The predicted octanol–water partition coefficient (Wildman–Crippen LogP) is 1.93. The molecular weight excluding hydrogens is 304 g/mol. The lowest BCUT2D eigenvalue weighted by Crippen LogP contribution is -2.06. The molecule has 3 heterocycles. The molecule has 3 aromatic heterocycles. The fourth-order valence-electron chi connectivity index (χ4n) is 2.67. The molecule has 0 aliphatic rings. The molecule has 1 N–H and O–H groups in total. The molecule has 120 valence electrons. The lowest BCUT2D eigenvalue weighted by atomic mass is 10.2. The first-order valence-corrected chi connectivity index (χ1v) is 7.62. The van der Waals surface area contributed by atoms with Crippen molar-refractivity contribution in [2.75, 3.05) is 5.32 Å². The largest absolute Gasteiger partial charge is 0.364 e. The number of para-hydroxylation sites is 1. The van der Waals surface area contributed by atoms with Gasteiger partial charge in [-0.25, -0.2) is 4.68 Å². The fourth-order valence-corrected chi connectivity index (χ4v) is 2.67. The summed E-state index contributed by atoms with van der Waals surface area (Å²) in [6.07, 6.45) is 0. The number of nitrogens with one attached hydrogen (secondary N) is 1. The summed E-state index contributed by atoms with van der Waals surface area (Å²) in [4.78, 5) is 0. The van der Waals surface area contributed by atoms with Gasteiger partial charge in [0.15, 0.2) is 5.65 Å². The highest BCUT2D eigenvalue weighted by atomic mass is 15.6. The molecule has 0 spiro atoms. The second kappa shape index (κ2) is 5.73. The van der Waals surface area contributed by atoms with Gasteiger partial charge in [0.05, 0.1) is 11.4 Å². The van der Waals surface area contributed by atoms with E-state index in [1.54, 1.807) is 0 Å². The Morgan fingerprint density at radius 2 is 1.83 bits per heavy atom. The number of aryl methyl sites for hydroxylation is 1. The van der Waals surface area contributed by atoms with Gasteiger partial charge >= 0.3 is 0 Å². The molecule has 0 bridgehead atoms. The van der Waals surface area contributed by atoms with Crippen molar-refractivity contribution < 1.29 is 0 Å². The van der Waals surface area contributed by atoms with Gasteiger partial charge in [-0.1, -0.05) is 18.2 Å². The van der Waals surface area contributed by atoms with Crippen LogP contribution in [-0.4, -0.2) is 35.0 Å². The molecule has 0 saturated carbocycles. The number of hydrogen-bond donors (Lipinski definition) is 1. The summed E-state index contributed by atoms with van der Waals surface area (Å²) in [5.74, 6) is 0.709. The third-order valence-corrected chi connectivity index (χ3v) is 3.96. The number of nitrogens with zero attached hydrogens (tertiary/aromatic N) is 7. The zero-order valence-electron chi connectivity index (χ0n) is 13.4. The first-order chi connectivity index (χ1) is 11.7. The van der Waals surface area contributed by atoms with E-state index in [2.05, 4.69) is 38.0 Å². The summed E-state index contributed by atoms with van der Waals surface area (Å²) in [5.41, 5.74) is 4.92. The van der Waals surface area contributed by atoms with Gasteiger partial charge in [0.2, 0.25) is 0 Å². The standard InChI is InChI=1S/C16H16N8/c1-11-14(12(2)23(19-11)13-6-4-3-5-7-13)10-17-15-8-9-16-18-21-22-24(16)20-15/h3-9H,10H2,1-2H3,(H,17,20). The predicted molar refractivity (Wildman–Crippen MR) is 88.9 cm³/mol. The minimum atomic E-state index is 0.616. The molecule has 0 saturated heterocycles. The molecule has 4 aromatic rings. The molecule has 0 aliphatic heterocycles. The number of tetrazole rings is 1. The van der Waals surface area contributed by atoms with Gasteiger partial charge < -0.3 is 5.32 Å². The van der Waals surface area contributed by atoms with Gasteiger partial charge in [0.25, 0.3) is 0 Å². The molecule has 8 heteroatoms. The summed E-state index contributed by atoms with van der Waals surface area (Å²) in [6, 6.07) is 13.8. The average molecular weight is 320 g/mol. The van der Waals surface area contributed by atoms with Crippen LogP contribution in [0, 0.1) is 13.8 Å². The van der Waals surface area contributed by atoms with E-state index in [9.17, 15) is 0 Å². The van der Waals surface area contributed by atoms with Crippen molar-refractivity contribution in [3.05, 3.63) is 59.4 Å². The molecule has 0 unspecified atom stereocenters. The van der Waals surface area contributed by atoms with E-state index in [1.165, 1.54) is 4.63 Å². The summed E-state index contributed by atoms with van der Waals surface area (Å²) in [6.45, 7) is 4.72. The van der Waals surface area contributed by atoms with Gasteiger partial charge in [0.1, 0.15) is 5.82 Å². The van der Waals surface area contributed by atoms with E-state index in [4.69, 9.17) is 0 Å². The lowest BCUT2D eigenvalue weighted by molar-refractivity contribution is 0.734. The summed E-state index contributed by atoms with van der Waals surface area (Å²) in [5, 5.41) is 23.5. The van der Waals surface area contributed by atoms with Crippen LogP contribution in [0.4, 0.5) is 5.82 Å². The van der Waals surface area contributed by atoms with Crippen LogP contribution in [0.1, 0.15) is 17.0 Å². The van der Waals surface area contributed by atoms with Crippen LogP contribution in [-0.2, 0) is 6.54 Å². The highest BCUT2D eigenvalue weighted by Crippen LogP contribution is 2.18. The van der Waals surface area contributed by atoms with Gasteiger partial charge in [-0.15, -0.1) is 14.8 Å². The van der Waals surface area contributed by atoms with Crippen molar-refractivity contribution >= 4 is 11.5 Å². The van der Waals surface area contributed by atoms with Crippen LogP contribution in [0.2, 0.25) is 0 Å². The average Bonchev–Trinajstić information content (AvgIpc) is 3.18. The van der Waals surface area contributed by atoms with E-state index in [1.807, 2.05) is 54.1 Å².